The lowest BCUT2D eigenvalue weighted by Gasteiger charge is -2.35. The van der Waals surface area contributed by atoms with E-state index < -0.39 is 6.10 Å². The molecule has 0 saturated carbocycles. The molecule has 1 aliphatic rings. The Morgan fingerprint density at radius 2 is 1.88 bits per heavy atom. The highest BCUT2D eigenvalue weighted by atomic mass is 19.1. The Bertz CT molecular complexity index is 660. The van der Waals surface area contributed by atoms with Gasteiger partial charge in [-0.2, -0.15) is 4.98 Å². The van der Waals surface area contributed by atoms with Crippen molar-refractivity contribution in [1.82, 2.24) is 14.9 Å². The van der Waals surface area contributed by atoms with Gasteiger partial charge in [-0.3, -0.25) is 4.90 Å². The van der Waals surface area contributed by atoms with Crippen LogP contribution in [-0.4, -0.2) is 59.8 Å². The fourth-order valence-electron chi connectivity index (χ4n) is 2.76. The molecule has 1 fully saturated rings. The van der Waals surface area contributed by atoms with E-state index in [1.807, 2.05) is 0 Å². The van der Waals surface area contributed by atoms with E-state index in [0.29, 0.717) is 18.4 Å². The number of benzene rings is 1. The monoisotopic (exact) mass is 332 g/mol. The first-order chi connectivity index (χ1) is 11.7. The second-order valence-corrected chi connectivity index (χ2v) is 5.75. The number of methoxy groups -OCH3 is 1. The van der Waals surface area contributed by atoms with Crippen molar-refractivity contribution in [2.24, 2.45) is 0 Å². The van der Waals surface area contributed by atoms with Crippen molar-refractivity contribution in [3.8, 4) is 5.88 Å². The highest BCUT2D eigenvalue weighted by Gasteiger charge is 2.21. The van der Waals surface area contributed by atoms with Crippen LogP contribution in [-0.2, 0) is 0 Å². The number of anilines is 1. The summed E-state index contributed by atoms with van der Waals surface area (Å²) in [5, 5.41) is 10.3. The van der Waals surface area contributed by atoms with Crippen LogP contribution < -0.4 is 9.64 Å². The van der Waals surface area contributed by atoms with Gasteiger partial charge in [-0.1, -0.05) is 12.1 Å². The van der Waals surface area contributed by atoms with Crippen molar-refractivity contribution in [1.29, 1.82) is 0 Å². The van der Waals surface area contributed by atoms with Gasteiger partial charge in [0.1, 0.15) is 5.82 Å². The van der Waals surface area contributed by atoms with Gasteiger partial charge in [0, 0.05) is 45.0 Å². The molecule has 3 rings (SSSR count). The second kappa shape index (κ2) is 7.55. The molecule has 128 valence electrons. The molecule has 0 bridgehead atoms. The molecule has 0 radical (unpaired) electrons. The van der Waals surface area contributed by atoms with E-state index in [4.69, 9.17) is 4.74 Å². The van der Waals surface area contributed by atoms with Gasteiger partial charge in [0.25, 0.3) is 0 Å². The number of aliphatic hydroxyl groups is 1. The smallest absolute Gasteiger partial charge is 0.228 e. The number of rotatable bonds is 5. The molecule has 24 heavy (non-hydrogen) atoms. The first-order valence-electron chi connectivity index (χ1n) is 7.93. The molecule has 1 unspecified atom stereocenters. The van der Waals surface area contributed by atoms with Gasteiger partial charge in [0.15, 0.2) is 0 Å². The lowest BCUT2D eigenvalue weighted by Crippen LogP contribution is -2.48. The zero-order valence-electron chi connectivity index (χ0n) is 13.6. The molecule has 1 aliphatic heterocycles. The number of ether oxygens (including phenoxy) is 1. The summed E-state index contributed by atoms with van der Waals surface area (Å²) >= 11 is 0. The average molecular weight is 332 g/mol. The molecule has 6 nitrogen and oxygen atoms in total. The molecule has 2 aromatic rings. The van der Waals surface area contributed by atoms with Crippen LogP contribution in [0.25, 0.3) is 0 Å². The number of hydrogen-bond donors (Lipinski definition) is 1. The maximum atomic E-state index is 12.9. The quantitative estimate of drug-likeness (QED) is 0.895. The van der Waals surface area contributed by atoms with Crippen molar-refractivity contribution in [3.63, 3.8) is 0 Å². The van der Waals surface area contributed by atoms with Gasteiger partial charge < -0.3 is 14.7 Å². The summed E-state index contributed by atoms with van der Waals surface area (Å²) in [5.41, 5.74) is 0.731. The van der Waals surface area contributed by atoms with Gasteiger partial charge in [-0.15, -0.1) is 0 Å². The minimum atomic E-state index is -0.620. The number of hydrogen-bond acceptors (Lipinski definition) is 6. The standard InChI is InChI=1S/C17H21FN4O2/c1-24-16-6-7-19-17(20-16)22-10-8-21(9-11-22)12-15(23)13-2-4-14(18)5-3-13/h2-7,15,23H,8-12H2,1H3. The van der Waals surface area contributed by atoms with E-state index in [2.05, 4.69) is 19.8 Å². The average Bonchev–Trinajstić information content (AvgIpc) is 2.63. The SMILES string of the molecule is COc1ccnc(N2CCN(CC(O)c3ccc(F)cc3)CC2)n1. The molecule has 0 aliphatic carbocycles. The lowest BCUT2D eigenvalue weighted by molar-refractivity contribution is 0.109. The van der Waals surface area contributed by atoms with E-state index in [1.54, 1.807) is 31.5 Å². The molecular formula is C17H21FN4O2. The molecule has 0 spiro atoms. The van der Waals surface area contributed by atoms with E-state index >= 15 is 0 Å². The van der Waals surface area contributed by atoms with E-state index in [-0.39, 0.29) is 5.82 Å². The Morgan fingerprint density at radius 1 is 1.17 bits per heavy atom. The number of β-amino-alcohol motifs (C(OH)–C–C–N with tert-alkyl or cyclic N) is 1. The van der Waals surface area contributed by atoms with Crippen molar-refractivity contribution in [2.75, 3.05) is 44.7 Å². The molecule has 2 heterocycles. The van der Waals surface area contributed by atoms with Crippen molar-refractivity contribution >= 4 is 5.95 Å². The van der Waals surface area contributed by atoms with Crippen LogP contribution in [0.1, 0.15) is 11.7 Å². The van der Waals surface area contributed by atoms with Gasteiger partial charge in [-0.25, -0.2) is 9.37 Å². The summed E-state index contributed by atoms with van der Waals surface area (Å²) in [6.45, 7) is 3.70. The molecule has 1 saturated heterocycles. The van der Waals surface area contributed by atoms with Crippen LogP contribution in [0.3, 0.4) is 0 Å². The number of piperazine rings is 1. The fourth-order valence-corrected chi connectivity index (χ4v) is 2.76. The summed E-state index contributed by atoms with van der Waals surface area (Å²) in [6.07, 6.45) is 1.07. The molecule has 1 atom stereocenters. The number of aromatic nitrogens is 2. The predicted octanol–water partition coefficient (Wildman–Crippen LogP) is 1.48. The highest BCUT2D eigenvalue weighted by Crippen LogP contribution is 2.18. The first-order valence-corrected chi connectivity index (χ1v) is 7.93. The largest absolute Gasteiger partial charge is 0.481 e. The summed E-state index contributed by atoms with van der Waals surface area (Å²) in [7, 11) is 1.58. The maximum absolute atomic E-state index is 12.9. The molecule has 1 aromatic heterocycles. The van der Waals surface area contributed by atoms with E-state index in [0.717, 1.165) is 31.7 Å². The topological polar surface area (TPSA) is 61.7 Å². The van der Waals surface area contributed by atoms with Crippen molar-refractivity contribution < 1.29 is 14.2 Å². The minimum absolute atomic E-state index is 0.294. The summed E-state index contributed by atoms with van der Waals surface area (Å²) in [5.74, 6) is 0.917. The molecule has 1 aromatic carbocycles. The minimum Gasteiger partial charge on any atom is -0.481 e. The molecular weight excluding hydrogens is 311 g/mol. The fraction of sp³-hybridized carbons (Fsp3) is 0.412. The van der Waals surface area contributed by atoms with E-state index in [1.165, 1.54) is 12.1 Å². The Kier molecular flexibility index (Phi) is 5.22. The third kappa shape index (κ3) is 3.98. The van der Waals surface area contributed by atoms with Crippen LogP contribution in [0.2, 0.25) is 0 Å². The van der Waals surface area contributed by atoms with Crippen LogP contribution in [0.5, 0.6) is 5.88 Å². The van der Waals surface area contributed by atoms with Crippen LogP contribution in [0.4, 0.5) is 10.3 Å². The predicted molar refractivity (Wildman–Crippen MR) is 88.6 cm³/mol. The van der Waals surface area contributed by atoms with Gasteiger partial charge in [0.05, 0.1) is 13.2 Å². The normalized spacial score (nSPS) is 16.9. The molecule has 7 heteroatoms. The van der Waals surface area contributed by atoms with Crippen LogP contribution in [0, 0.1) is 5.82 Å². The number of halogens is 1. The first kappa shape index (κ1) is 16.6. The zero-order valence-corrected chi connectivity index (χ0v) is 13.6. The molecule has 1 N–H and O–H groups in total. The lowest BCUT2D eigenvalue weighted by atomic mass is 10.1. The maximum Gasteiger partial charge on any atom is 0.228 e. The van der Waals surface area contributed by atoms with Crippen molar-refractivity contribution in [3.05, 3.63) is 47.9 Å². The molecule has 0 amide bonds. The second-order valence-electron chi connectivity index (χ2n) is 5.75. The third-order valence-corrected chi connectivity index (χ3v) is 4.17. The Hall–Kier alpha value is -2.25. The summed E-state index contributed by atoms with van der Waals surface area (Å²) in [4.78, 5) is 12.9. The van der Waals surface area contributed by atoms with Gasteiger partial charge in [0.2, 0.25) is 11.8 Å². The number of nitrogens with zero attached hydrogens (tertiary/aromatic N) is 4. The van der Waals surface area contributed by atoms with Gasteiger partial charge in [-0.05, 0) is 17.7 Å². The van der Waals surface area contributed by atoms with E-state index in [9.17, 15) is 9.50 Å². The third-order valence-electron chi connectivity index (χ3n) is 4.17. The van der Waals surface area contributed by atoms with Crippen LogP contribution in [0.15, 0.2) is 36.5 Å². The Balaban J connectivity index is 1.54. The van der Waals surface area contributed by atoms with Crippen LogP contribution >= 0.6 is 0 Å². The zero-order chi connectivity index (χ0) is 16.9. The summed E-state index contributed by atoms with van der Waals surface area (Å²) < 4.78 is 18.1. The highest BCUT2D eigenvalue weighted by molar-refractivity contribution is 5.32. The van der Waals surface area contributed by atoms with Crippen molar-refractivity contribution in [2.45, 2.75) is 6.10 Å². The number of aliphatic hydroxyl groups excluding tert-OH is 1. The summed E-state index contributed by atoms with van der Waals surface area (Å²) in [6, 6.07) is 7.71. The Labute approximate surface area is 140 Å². The Morgan fingerprint density at radius 3 is 2.54 bits per heavy atom. The van der Waals surface area contributed by atoms with Gasteiger partial charge >= 0.3 is 0 Å².